The van der Waals surface area contributed by atoms with Crippen LogP contribution in [0.4, 0.5) is 5.69 Å². The van der Waals surface area contributed by atoms with E-state index in [0.29, 0.717) is 5.69 Å². The molecule has 1 heterocycles. The molecule has 0 unspecified atom stereocenters. The zero-order valence-corrected chi connectivity index (χ0v) is 16.5. The number of hydrogen-bond donors (Lipinski definition) is 3. The lowest BCUT2D eigenvalue weighted by molar-refractivity contribution is -0.121. The molecule has 0 aliphatic carbocycles. The molecule has 0 fully saturated rings. The number of carbonyl (C=O) groups excluding carboxylic acids is 1. The van der Waals surface area contributed by atoms with Gasteiger partial charge in [-0.25, -0.2) is 4.98 Å². The minimum Gasteiger partial charge on any atom is -0.394 e. The topological polar surface area (TPSA) is 88.2 Å². The molecule has 0 saturated heterocycles. The van der Waals surface area contributed by atoms with Crippen molar-refractivity contribution in [3.63, 3.8) is 0 Å². The number of hydrogen-bond acceptors (Lipinski definition) is 5. The highest BCUT2D eigenvalue weighted by atomic mass is 79.9. The molecule has 0 bridgehead atoms. The lowest BCUT2D eigenvalue weighted by atomic mass is 10.0. The Hall–Kier alpha value is -2.06. The van der Waals surface area contributed by atoms with Gasteiger partial charge >= 0.3 is 0 Å². The van der Waals surface area contributed by atoms with E-state index in [0.717, 1.165) is 26.3 Å². The van der Waals surface area contributed by atoms with Crippen molar-refractivity contribution in [2.75, 3.05) is 11.9 Å². The number of halogens is 1. The summed E-state index contributed by atoms with van der Waals surface area (Å²) >= 11 is 5.02. The molecule has 1 atom stereocenters. The van der Waals surface area contributed by atoms with Gasteiger partial charge in [-0.15, -0.1) is 11.3 Å². The number of anilines is 1. The Bertz CT molecular complexity index is 905. The summed E-state index contributed by atoms with van der Waals surface area (Å²) in [7, 11) is 0. The lowest BCUT2D eigenvalue weighted by Crippen LogP contribution is -2.51. The van der Waals surface area contributed by atoms with Gasteiger partial charge in [-0.2, -0.15) is 0 Å². The fourth-order valence-electron chi connectivity index (χ4n) is 2.20. The number of nitrogens with zero attached hydrogens (tertiary/aromatic N) is 1. The molecule has 0 aliphatic heterocycles. The van der Waals surface area contributed by atoms with Crippen molar-refractivity contribution >= 4 is 38.9 Å². The van der Waals surface area contributed by atoms with Crippen molar-refractivity contribution in [2.24, 2.45) is 5.73 Å². The second kappa shape index (κ2) is 7.67. The molecule has 0 radical (unpaired) electrons. The molecule has 5 nitrogen and oxygen atoms in total. The smallest absolute Gasteiger partial charge is 0.246 e. The SMILES string of the molecule is C[C@](N)(CO)C(=O)Nc1ccc(-c2csc(-c3ccc(Br)cc3)n2)cc1. The van der Waals surface area contributed by atoms with Gasteiger partial charge in [0.25, 0.3) is 0 Å². The largest absolute Gasteiger partial charge is 0.394 e. The summed E-state index contributed by atoms with van der Waals surface area (Å²) < 4.78 is 1.03. The van der Waals surface area contributed by atoms with E-state index in [2.05, 4.69) is 26.2 Å². The van der Waals surface area contributed by atoms with Crippen LogP contribution in [0.15, 0.2) is 58.4 Å². The quantitative estimate of drug-likeness (QED) is 0.571. The van der Waals surface area contributed by atoms with Crippen LogP contribution in [0.2, 0.25) is 0 Å². The Morgan fingerprint density at radius 1 is 1.19 bits per heavy atom. The first-order chi connectivity index (χ1) is 12.4. The maximum Gasteiger partial charge on any atom is 0.246 e. The van der Waals surface area contributed by atoms with Crippen molar-refractivity contribution in [3.8, 4) is 21.8 Å². The first kappa shape index (κ1) is 18.7. The highest BCUT2D eigenvalue weighted by molar-refractivity contribution is 9.10. The average Bonchev–Trinajstić information content (AvgIpc) is 3.13. The fraction of sp³-hybridized carbons (Fsp3) is 0.158. The number of benzene rings is 2. The van der Waals surface area contributed by atoms with Gasteiger partial charge in [0.2, 0.25) is 5.91 Å². The van der Waals surface area contributed by atoms with Gasteiger partial charge in [0.05, 0.1) is 12.3 Å². The third-order valence-corrected chi connectivity index (χ3v) is 5.30. The van der Waals surface area contributed by atoms with E-state index in [4.69, 9.17) is 10.8 Å². The zero-order valence-electron chi connectivity index (χ0n) is 14.1. The number of rotatable bonds is 5. The minimum atomic E-state index is -1.31. The summed E-state index contributed by atoms with van der Waals surface area (Å²) in [5.74, 6) is -0.432. The van der Waals surface area contributed by atoms with Crippen LogP contribution in [0.3, 0.4) is 0 Å². The Labute approximate surface area is 164 Å². The lowest BCUT2D eigenvalue weighted by Gasteiger charge is -2.20. The number of aromatic nitrogens is 1. The predicted octanol–water partition coefficient (Wildman–Crippen LogP) is 3.89. The Morgan fingerprint density at radius 3 is 2.42 bits per heavy atom. The van der Waals surface area contributed by atoms with Gasteiger partial charge in [-0.3, -0.25) is 4.79 Å². The van der Waals surface area contributed by atoms with Gasteiger partial charge in [0.1, 0.15) is 10.5 Å². The molecule has 0 spiro atoms. The summed E-state index contributed by atoms with van der Waals surface area (Å²) in [6.07, 6.45) is 0. The first-order valence-corrected chi connectivity index (χ1v) is 9.59. The van der Waals surface area contributed by atoms with E-state index in [9.17, 15) is 4.79 Å². The van der Waals surface area contributed by atoms with E-state index < -0.39 is 18.1 Å². The molecular formula is C19H18BrN3O2S. The third kappa shape index (κ3) is 4.19. The highest BCUT2D eigenvalue weighted by Gasteiger charge is 2.27. The molecule has 2 aromatic carbocycles. The summed E-state index contributed by atoms with van der Waals surface area (Å²) in [4.78, 5) is 16.7. The van der Waals surface area contributed by atoms with Gasteiger partial charge in [0.15, 0.2) is 0 Å². The second-order valence-electron chi connectivity index (χ2n) is 6.15. The molecule has 0 aliphatic rings. The van der Waals surface area contributed by atoms with E-state index >= 15 is 0 Å². The van der Waals surface area contributed by atoms with E-state index in [1.54, 1.807) is 23.5 Å². The number of carbonyl (C=O) groups is 1. The molecule has 134 valence electrons. The number of nitrogens with two attached hydrogens (primary N) is 1. The molecule has 4 N–H and O–H groups in total. The van der Waals surface area contributed by atoms with E-state index in [1.807, 2.05) is 41.8 Å². The number of nitrogens with one attached hydrogen (secondary N) is 1. The first-order valence-electron chi connectivity index (χ1n) is 7.92. The van der Waals surface area contributed by atoms with E-state index in [-0.39, 0.29) is 0 Å². The molecular weight excluding hydrogens is 414 g/mol. The Kier molecular flexibility index (Phi) is 5.52. The maximum atomic E-state index is 12.0. The molecule has 0 saturated carbocycles. The average molecular weight is 432 g/mol. The molecule has 3 aromatic rings. The predicted molar refractivity (Wildman–Crippen MR) is 109 cm³/mol. The molecule has 26 heavy (non-hydrogen) atoms. The van der Waals surface area contributed by atoms with Crippen LogP contribution in [0, 0.1) is 0 Å². The minimum absolute atomic E-state index is 0.422. The Balaban J connectivity index is 1.75. The molecule has 3 rings (SSSR count). The summed E-state index contributed by atoms with van der Waals surface area (Å²) in [6, 6.07) is 15.4. The van der Waals surface area contributed by atoms with Crippen molar-refractivity contribution in [2.45, 2.75) is 12.5 Å². The van der Waals surface area contributed by atoms with Crippen LogP contribution in [-0.4, -0.2) is 28.1 Å². The standard InChI is InChI=1S/C19H18BrN3O2S/c1-19(21,11-24)18(25)22-15-8-4-12(5-9-15)16-10-26-17(23-16)13-2-6-14(20)7-3-13/h2-10,24H,11,21H2,1H3,(H,22,25)/t19-/m0/s1. The number of aliphatic hydroxyl groups is 1. The van der Waals surface area contributed by atoms with Crippen LogP contribution in [-0.2, 0) is 4.79 Å². The summed E-state index contributed by atoms with van der Waals surface area (Å²) in [6.45, 7) is 1.06. The summed E-state index contributed by atoms with van der Waals surface area (Å²) in [5, 5.41) is 14.8. The Morgan fingerprint density at radius 2 is 1.81 bits per heavy atom. The zero-order chi connectivity index (χ0) is 18.7. The third-order valence-electron chi connectivity index (χ3n) is 3.88. The highest BCUT2D eigenvalue weighted by Crippen LogP contribution is 2.30. The van der Waals surface area contributed by atoms with Crippen LogP contribution >= 0.6 is 27.3 Å². The normalized spacial score (nSPS) is 13.2. The van der Waals surface area contributed by atoms with Crippen molar-refractivity contribution in [3.05, 3.63) is 58.4 Å². The molecule has 1 aromatic heterocycles. The van der Waals surface area contributed by atoms with Gasteiger partial charge < -0.3 is 16.2 Å². The molecule has 7 heteroatoms. The van der Waals surface area contributed by atoms with Gasteiger partial charge in [0, 0.05) is 26.7 Å². The summed E-state index contributed by atoms with van der Waals surface area (Å²) in [5.41, 5.74) is 7.93. The molecule has 1 amide bonds. The van der Waals surface area contributed by atoms with Crippen LogP contribution in [0.25, 0.3) is 21.8 Å². The van der Waals surface area contributed by atoms with Crippen molar-refractivity contribution in [1.82, 2.24) is 4.98 Å². The second-order valence-corrected chi connectivity index (χ2v) is 7.93. The van der Waals surface area contributed by atoms with Crippen LogP contribution in [0.1, 0.15) is 6.92 Å². The van der Waals surface area contributed by atoms with Gasteiger partial charge in [-0.05, 0) is 31.2 Å². The van der Waals surface area contributed by atoms with Crippen molar-refractivity contribution in [1.29, 1.82) is 0 Å². The number of amides is 1. The number of aliphatic hydroxyl groups excluding tert-OH is 1. The van der Waals surface area contributed by atoms with Crippen LogP contribution in [0.5, 0.6) is 0 Å². The monoisotopic (exact) mass is 431 g/mol. The fourth-order valence-corrected chi connectivity index (χ4v) is 3.30. The number of thiazole rings is 1. The van der Waals surface area contributed by atoms with E-state index in [1.165, 1.54) is 6.92 Å². The van der Waals surface area contributed by atoms with Gasteiger partial charge in [-0.1, -0.05) is 40.2 Å². The van der Waals surface area contributed by atoms with Crippen LogP contribution < -0.4 is 11.1 Å². The van der Waals surface area contributed by atoms with Crippen molar-refractivity contribution < 1.29 is 9.90 Å². The maximum absolute atomic E-state index is 12.0.